The van der Waals surface area contributed by atoms with Gasteiger partial charge in [0.1, 0.15) is 12.4 Å². The first kappa shape index (κ1) is 12.4. The van der Waals surface area contributed by atoms with E-state index in [1.165, 1.54) is 5.56 Å². The van der Waals surface area contributed by atoms with Gasteiger partial charge in [-0.05, 0) is 31.4 Å². The number of hydrogen-bond donors (Lipinski definition) is 1. The summed E-state index contributed by atoms with van der Waals surface area (Å²) < 4.78 is 11.1. The van der Waals surface area contributed by atoms with E-state index in [0.717, 1.165) is 45.0 Å². The molecule has 0 aliphatic carbocycles. The molecule has 1 heterocycles. The van der Waals surface area contributed by atoms with E-state index in [-0.39, 0.29) is 0 Å². The third kappa shape index (κ3) is 4.02. The predicted octanol–water partition coefficient (Wildman–Crippen LogP) is 2.14. The molecule has 0 saturated carbocycles. The Labute approximate surface area is 103 Å². The molecule has 1 aromatic rings. The second-order valence-electron chi connectivity index (χ2n) is 4.45. The van der Waals surface area contributed by atoms with Crippen molar-refractivity contribution in [2.45, 2.75) is 25.8 Å². The molecule has 1 aliphatic rings. The lowest BCUT2D eigenvalue weighted by Crippen LogP contribution is -2.37. The Morgan fingerprint density at radius 1 is 1.29 bits per heavy atom. The van der Waals surface area contributed by atoms with E-state index in [1.807, 2.05) is 18.2 Å². The van der Waals surface area contributed by atoms with Gasteiger partial charge in [-0.25, -0.2) is 0 Å². The minimum absolute atomic E-state index is 0.601. The molecule has 0 amide bonds. The van der Waals surface area contributed by atoms with Gasteiger partial charge in [-0.3, -0.25) is 0 Å². The van der Waals surface area contributed by atoms with Gasteiger partial charge >= 0.3 is 0 Å². The van der Waals surface area contributed by atoms with Gasteiger partial charge in [0.2, 0.25) is 0 Å². The zero-order valence-electron chi connectivity index (χ0n) is 10.4. The Morgan fingerprint density at radius 2 is 2.06 bits per heavy atom. The van der Waals surface area contributed by atoms with Crippen molar-refractivity contribution < 1.29 is 9.47 Å². The molecule has 1 fully saturated rings. The summed E-state index contributed by atoms with van der Waals surface area (Å²) in [5.41, 5.74) is 1.19. The molecular weight excluding hydrogens is 214 g/mol. The molecule has 1 N–H and O–H groups in total. The molecule has 2 rings (SSSR count). The highest BCUT2D eigenvalue weighted by Gasteiger charge is 2.12. The van der Waals surface area contributed by atoms with Crippen molar-refractivity contribution in [2.75, 3.05) is 26.4 Å². The maximum Gasteiger partial charge on any atom is 0.122 e. The Morgan fingerprint density at radius 3 is 2.82 bits per heavy atom. The first-order valence-corrected chi connectivity index (χ1v) is 6.36. The number of nitrogens with one attached hydrogen (secondary N) is 1. The van der Waals surface area contributed by atoms with Crippen LogP contribution in [0.3, 0.4) is 0 Å². The second kappa shape index (κ2) is 6.62. The van der Waals surface area contributed by atoms with Crippen molar-refractivity contribution in [3.8, 4) is 5.75 Å². The second-order valence-corrected chi connectivity index (χ2v) is 4.45. The summed E-state index contributed by atoms with van der Waals surface area (Å²) in [5, 5.41) is 3.51. The van der Waals surface area contributed by atoms with E-state index in [1.54, 1.807) is 0 Å². The van der Waals surface area contributed by atoms with Crippen molar-refractivity contribution in [2.24, 2.45) is 0 Å². The van der Waals surface area contributed by atoms with Crippen LogP contribution in [0, 0.1) is 6.92 Å². The maximum atomic E-state index is 5.73. The van der Waals surface area contributed by atoms with E-state index in [0.29, 0.717) is 6.04 Å². The average molecular weight is 235 g/mol. The summed E-state index contributed by atoms with van der Waals surface area (Å²) in [6.07, 6.45) is 2.23. The van der Waals surface area contributed by atoms with Crippen LogP contribution in [-0.2, 0) is 4.74 Å². The Hall–Kier alpha value is -1.06. The highest BCUT2D eigenvalue weighted by molar-refractivity contribution is 5.31. The van der Waals surface area contributed by atoms with E-state index in [2.05, 4.69) is 18.3 Å². The zero-order valence-corrected chi connectivity index (χ0v) is 10.4. The molecule has 0 bridgehead atoms. The lowest BCUT2D eigenvalue weighted by molar-refractivity contribution is 0.0770. The fraction of sp³-hybridized carbons (Fsp3) is 0.571. The van der Waals surface area contributed by atoms with Gasteiger partial charge < -0.3 is 14.8 Å². The van der Waals surface area contributed by atoms with Gasteiger partial charge in [0.25, 0.3) is 0 Å². The molecule has 1 saturated heterocycles. The van der Waals surface area contributed by atoms with Crippen LogP contribution in [0.25, 0.3) is 0 Å². The lowest BCUT2D eigenvalue weighted by Gasteiger charge is -2.23. The van der Waals surface area contributed by atoms with Crippen molar-refractivity contribution in [3.05, 3.63) is 29.8 Å². The Bertz CT molecular complexity index is 335. The number of aryl methyl sites for hydroxylation is 1. The first-order valence-electron chi connectivity index (χ1n) is 6.36. The summed E-state index contributed by atoms with van der Waals surface area (Å²) in [5.74, 6) is 0.987. The third-order valence-electron chi connectivity index (χ3n) is 3.11. The molecule has 3 heteroatoms. The maximum absolute atomic E-state index is 5.73. The first-order chi connectivity index (χ1) is 8.36. The molecule has 0 atom stereocenters. The SMILES string of the molecule is Cc1ccccc1OCCNC1CCOCC1. The van der Waals surface area contributed by atoms with Gasteiger partial charge in [-0.2, -0.15) is 0 Å². The molecule has 17 heavy (non-hydrogen) atoms. The van der Waals surface area contributed by atoms with Crippen LogP contribution in [0.2, 0.25) is 0 Å². The lowest BCUT2D eigenvalue weighted by atomic mass is 10.1. The van der Waals surface area contributed by atoms with Crippen LogP contribution in [0.15, 0.2) is 24.3 Å². The fourth-order valence-electron chi connectivity index (χ4n) is 2.04. The number of rotatable bonds is 5. The molecule has 94 valence electrons. The predicted molar refractivity (Wildman–Crippen MR) is 68.5 cm³/mol. The largest absolute Gasteiger partial charge is 0.492 e. The van der Waals surface area contributed by atoms with Gasteiger partial charge in [-0.1, -0.05) is 18.2 Å². The minimum Gasteiger partial charge on any atom is -0.492 e. The van der Waals surface area contributed by atoms with Crippen molar-refractivity contribution in [3.63, 3.8) is 0 Å². The zero-order chi connectivity index (χ0) is 11.9. The van der Waals surface area contributed by atoms with Crippen LogP contribution in [-0.4, -0.2) is 32.4 Å². The quantitative estimate of drug-likeness (QED) is 0.793. The third-order valence-corrected chi connectivity index (χ3v) is 3.11. The Kier molecular flexibility index (Phi) is 4.83. The minimum atomic E-state index is 0.601. The topological polar surface area (TPSA) is 30.5 Å². The number of hydrogen-bond acceptors (Lipinski definition) is 3. The van der Waals surface area contributed by atoms with Crippen molar-refractivity contribution in [1.29, 1.82) is 0 Å². The smallest absolute Gasteiger partial charge is 0.122 e. The normalized spacial score (nSPS) is 17.0. The molecule has 1 aliphatic heterocycles. The molecule has 0 unspecified atom stereocenters. The van der Waals surface area contributed by atoms with Crippen molar-refractivity contribution in [1.82, 2.24) is 5.32 Å². The summed E-state index contributed by atoms with van der Waals surface area (Å²) in [6, 6.07) is 8.73. The molecule has 3 nitrogen and oxygen atoms in total. The number of ether oxygens (including phenoxy) is 2. The van der Waals surface area contributed by atoms with Gasteiger partial charge in [0, 0.05) is 25.8 Å². The summed E-state index contributed by atoms with van der Waals surface area (Å²) in [4.78, 5) is 0. The van der Waals surface area contributed by atoms with E-state index < -0.39 is 0 Å². The average Bonchev–Trinajstić information content (AvgIpc) is 2.38. The number of benzene rings is 1. The molecule has 0 radical (unpaired) electrons. The van der Waals surface area contributed by atoms with Crippen LogP contribution in [0.5, 0.6) is 5.75 Å². The van der Waals surface area contributed by atoms with Crippen LogP contribution >= 0.6 is 0 Å². The highest BCUT2D eigenvalue weighted by atomic mass is 16.5. The fourth-order valence-corrected chi connectivity index (χ4v) is 2.04. The summed E-state index contributed by atoms with van der Waals surface area (Å²) in [7, 11) is 0. The standard InChI is InChI=1S/C14H21NO2/c1-12-4-2-3-5-14(12)17-11-8-15-13-6-9-16-10-7-13/h2-5,13,15H,6-11H2,1H3. The van der Waals surface area contributed by atoms with Gasteiger partial charge in [0.15, 0.2) is 0 Å². The monoisotopic (exact) mass is 235 g/mol. The van der Waals surface area contributed by atoms with Crippen molar-refractivity contribution >= 4 is 0 Å². The van der Waals surface area contributed by atoms with Gasteiger partial charge in [-0.15, -0.1) is 0 Å². The molecular formula is C14H21NO2. The summed E-state index contributed by atoms with van der Waals surface area (Å²) >= 11 is 0. The van der Waals surface area contributed by atoms with Gasteiger partial charge in [0.05, 0.1) is 0 Å². The van der Waals surface area contributed by atoms with E-state index in [9.17, 15) is 0 Å². The van der Waals surface area contributed by atoms with E-state index >= 15 is 0 Å². The van der Waals surface area contributed by atoms with Crippen LogP contribution < -0.4 is 10.1 Å². The van der Waals surface area contributed by atoms with Crippen LogP contribution in [0.4, 0.5) is 0 Å². The number of para-hydroxylation sites is 1. The van der Waals surface area contributed by atoms with Crippen LogP contribution in [0.1, 0.15) is 18.4 Å². The van der Waals surface area contributed by atoms with E-state index in [4.69, 9.17) is 9.47 Å². The Balaban J connectivity index is 1.64. The molecule has 1 aromatic carbocycles. The molecule has 0 aromatic heterocycles. The summed E-state index contributed by atoms with van der Waals surface area (Å²) in [6.45, 7) is 5.47. The molecule has 0 spiro atoms. The highest BCUT2D eigenvalue weighted by Crippen LogP contribution is 2.15.